The van der Waals surface area contributed by atoms with Crippen LogP contribution < -0.4 is 26.6 Å². The zero-order valence-corrected chi connectivity index (χ0v) is 14.5. The molecule has 28 heavy (non-hydrogen) atoms. The van der Waals surface area contributed by atoms with Crippen LogP contribution in [0.1, 0.15) is 11.1 Å². The Morgan fingerprint density at radius 2 is 2.11 bits per heavy atom. The minimum absolute atomic E-state index is 0.0258. The van der Waals surface area contributed by atoms with Crippen LogP contribution in [0.3, 0.4) is 0 Å². The van der Waals surface area contributed by atoms with Crippen LogP contribution in [-0.2, 0) is 6.18 Å². The molecular formula is C17H15F3N6O2. The van der Waals surface area contributed by atoms with Gasteiger partial charge in [-0.3, -0.25) is 5.43 Å². The number of amides is 2. The summed E-state index contributed by atoms with van der Waals surface area (Å²) in [4.78, 5) is 19.8. The first-order valence-corrected chi connectivity index (χ1v) is 7.58. The molecule has 2 aromatic rings. The first-order chi connectivity index (χ1) is 13.2. The van der Waals surface area contributed by atoms with Crippen molar-refractivity contribution >= 4 is 23.5 Å². The minimum atomic E-state index is -4.53. The second-order valence-electron chi connectivity index (χ2n) is 5.07. The molecule has 11 heteroatoms. The number of hydrazine groups is 1. The van der Waals surface area contributed by atoms with Gasteiger partial charge < -0.3 is 15.8 Å². The van der Waals surface area contributed by atoms with E-state index in [-0.39, 0.29) is 28.9 Å². The van der Waals surface area contributed by atoms with E-state index in [2.05, 4.69) is 44.6 Å². The highest BCUT2D eigenvalue weighted by Gasteiger charge is 2.30. The average Bonchev–Trinajstić information content (AvgIpc) is 2.64. The Balaban J connectivity index is 2.15. The maximum Gasteiger partial charge on any atom is 0.416 e. The van der Waals surface area contributed by atoms with E-state index in [0.717, 1.165) is 12.1 Å². The number of nitrogens with zero attached hydrogens (tertiary/aromatic N) is 2. The highest BCUT2D eigenvalue weighted by atomic mass is 19.4. The highest BCUT2D eigenvalue weighted by molar-refractivity contribution is 5.90. The van der Waals surface area contributed by atoms with Crippen LogP contribution in [0.2, 0.25) is 0 Å². The fourth-order valence-corrected chi connectivity index (χ4v) is 1.98. The lowest BCUT2D eigenvalue weighted by Crippen LogP contribution is -2.34. The maximum atomic E-state index is 12.7. The van der Waals surface area contributed by atoms with Gasteiger partial charge in [0.25, 0.3) is 0 Å². The molecule has 0 radical (unpaired) electrons. The molecule has 1 aromatic heterocycles. The van der Waals surface area contributed by atoms with Gasteiger partial charge in [-0.1, -0.05) is 24.5 Å². The number of nitrogens with two attached hydrogens (primary N) is 1. The number of benzene rings is 1. The number of alkyl halides is 3. The van der Waals surface area contributed by atoms with Gasteiger partial charge in [0.05, 0.1) is 12.7 Å². The number of nitrogens with one attached hydrogen (secondary N) is 3. The van der Waals surface area contributed by atoms with Crippen LogP contribution in [0, 0.1) is 11.8 Å². The Morgan fingerprint density at radius 3 is 2.75 bits per heavy atom. The predicted octanol–water partition coefficient (Wildman–Crippen LogP) is 2.77. The molecule has 1 aromatic carbocycles. The summed E-state index contributed by atoms with van der Waals surface area (Å²) in [5.41, 5.74) is 9.51. The minimum Gasteiger partial charge on any atom is -0.480 e. The van der Waals surface area contributed by atoms with Gasteiger partial charge in [-0.25, -0.2) is 10.2 Å². The predicted molar refractivity (Wildman–Crippen MR) is 97.3 cm³/mol. The van der Waals surface area contributed by atoms with Crippen molar-refractivity contribution in [2.75, 3.05) is 23.6 Å². The van der Waals surface area contributed by atoms with E-state index in [9.17, 15) is 18.0 Å². The van der Waals surface area contributed by atoms with Crippen molar-refractivity contribution in [3.05, 3.63) is 48.0 Å². The van der Waals surface area contributed by atoms with Crippen LogP contribution >= 0.6 is 0 Å². The molecule has 0 aliphatic carbocycles. The van der Waals surface area contributed by atoms with E-state index in [1.165, 1.54) is 25.3 Å². The lowest BCUT2D eigenvalue weighted by molar-refractivity contribution is -0.137. The van der Waals surface area contributed by atoms with Crippen molar-refractivity contribution < 1.29 is 22.7 Å². The molecule has 0 saturated carbocycles. The second kappa shape index (κ2) is 8.63. The molecule has 1 heterocycles. The number of urea groups is 1. The Kier molecular flexibility index (Phi) is 6.28. The van der Waals surface area contributed by atoms with Crippen molar-refractivity contribution in [1.29, 1.82) is 0 Å². The summed E-state index contributed by atoms with van der Waals surface area (Å²) in [6.07, 6.45) is -3.20. The summed E-state index contributed by atoms with van der Waals surface area (Å²) in [7, 11) is 1.35. The third kappa shape index (κ3) is 5.28. The van der Waals surface area contributed by atoms with Gasteiger partial charge in [0.15, 0.2) is 5.82 Å². The van der Waals surface area contributed by atoms with E-state index in [0.29, 0.717) is 0 Å². The molecule has 0 bridgehead atoms. The molecule has 0 atom stereocenters. The molecule has 0 unspecified atom stereocenters. The fourth-order valence-electron chi connectivity index (χ4n) is 1.98. The number of hydrogen-bond acceptors (Lipinski definition) is 6. The van der Waals surface area contributed by atoms with Gasteiger partial charge in [0.1, 0.15) is 5.56 Å². The van der Waals surface area contributed by atoms with Crippen LogP contribution in [0.15, 0.2) is 36.9 Å². The maximum absolute atomic E-state index is 12.7. The average molecular weight is 392 g/mol. The molecule has 0 spiro atoms. The number of anilines is 3. The molecular weight excluding hydrogens is 377 g/mol. The molecule has 0 aliphatic rings. The fraction of sp³-hybridized carbons (Fsp3) is 0.118. The van der Waals surface area contributed by atoms with Crippen molar-refractivity contribution in [2.45, 2.75) is 6.18 Å². The van der Waals surface area contributed by atoms with Gasteiger partial charge >= 0.3 is 12.2 Å². The van der Waals surface area contributed by atoms with Crippen molar-refractivity contribution in [2.24, 2.45) is 0 Å². The van der Waals surface area contributed by atoms with Crippen molar-refractivity contribution in [3.8, 4) is 17.7 Å². The quantitative estimate of drug-likeness (QED) is 0.470. The summed E-state index contributed by atoms with van der Waals surface area (Å²) >= 11 is 0. The van der Waals surface area contributed by atoms with Crippen LogP contribution in [-0.4, -0.2) is 23.1 Å². The number of carbonyl (C=O) groups excluding carboxylic acids is 1. The van der Waals surface area contributed by atoms with E-state index < -0.39 is 17.8 Å². The monoisotopic (exact) mass is 392 g/mol. The standard InChI is InChI=1S/C17H15F3N6O2/c1-3-4-8-12-13(23-15(21)24-14(12)28-2)25-26-16(27)22-11-7-5-6-10(9-11)17(18,19)20/h3,5-7,9H,1H2,2H3,(H2,22,26,27)(H3,21,23,24,25). The third-order valence-electron chi connectivity index (χ3n) is 3.13. The number of halogens is 3. The molecule has 2 amide bonds. The number of carbonyl (C=O) groups is 1. The van der Waals surface area contributed by atoms with Crippen molar-refractivity contribution in [1.82, 2.24) is 15.4 Å². The van der Waals surface area contributed by atoms with E-state index in [1.54, 1.807) is 0 Å². The number of nitrogen functional groups attached to an aromatic ring is 1. The molecule has 8 nitrogen and oxygen atoms in total. The van der Waals surface area contributed by atoms with Crippen LogP contribution in [0.4, 0.5) is 35.4 Å². The summed E-state index contributed by atoms with van der Waals surface area (Å²) in [6.45, 7) is 3.46. The number of rotatable bonds is 4. The van der Waals surface area contributed by atoms with Gasteiger partial charge in [-0.05, 0) is 24.3 Å². The Hall–Kier alpha value is -3.94. The lowest BCUT2D eigenvalue weighted by atomic mass is 10.2. The molecule has 146 valence electrons. The smallest absolute Gasteiger partial charge is 0.416 e. The SMILES string of the molecule is C=CC#Cc1c(NNC(=O)Nc2cccc(C(F)(F)F)c2)nc(N)nc1OC. The number of allylic oxidation sites excluding steroid dienone is 1. The van der Waals surface area contributed by atoms with Crippen LogP contribution in [0.25, 0.3) is 0 Å². The summed E-state index contributed by atoms with van der Waals surface area (Å²) in [5.74, 6) is 5.20. The number of ether oxygens (including phenoxy) is 1. The zero-order valence-electron chi connectivity index (χ0n) is 14.5. The molecule has 2 rings (SSSR count). The normalized spacial score (nSPS) is 10.3. The van der Waals surface area contributed by atoms with Gasteiger partial charge in [0.2, 0.25) is 11.8 Å². The highest BCUT2D eigenvalue weighted by Crippen LogP contribution is 2.30. The third-order valence-corrected chi connectivity index (χ3v) is 3.13. The molecule has 0 fully saturated rings. The second-order valence-corrected chi connectivity index (χ2v) is 5.07. The Labute approximate surface area is 158 Å². The van der Waals surface area contributed by atoms with Crippen LogP contribution in [0.5, 0.6) is 5.88 Å². The van der Waals surface area contributed by atoms with Crippen molar-refractivity contribution in [3.63, 3.8) is 0 Å². The first-order valence-electron chi connectivity index (χ1n) is 7.58. The lowest BCUT2D eigenvalue weighted by Gasteiger charge is -2.13. The summed E-state index contributed by atoms with van der Waals surface area (Å²) in [5, 5.41) is 2.26. The largest absolute Gasteiger partial charge is 0.480 e. The molecule has 0 saturated heterocycles. The number of aromatic nitrogens is 2. The first kappa shape index (κ1) is 20.4. The molecule has 5 N–H and O–H groups in total. The van der Waals surface area contributed by atoms with E-state index in [1.807, 2.05) is 0 Å². The zero-order chi connectivity index (χ0) is 20.7. The van der Waals surface area contributed by atoms with E-state index in [4.69, 9.17) is 10.5 Å². The summed E-state index contributed by atoms with van der Waals surface area (Å²) in [6, 6.07) is 3.32. The summed E-state index contributed by atoms with van der Waals surface area (Å²) < 4.78 is 43.3. The van der Waals surface area contributed by atoms with E-state index >= 15 is 0 Å². The number of hydrogen-bond donors (Lipinski definition) is 4. The van der Waals surface area contributed by atoms with Gasteiger partial charge in [0, 0.05) is 5.69 Å². The van der Waals surface area contributed by atoms with Gasteiger partial charge in [-0.2, -0.15) is 23.1 Å². The topological polar surface area (TPSA) is 114 Å². The molecule has 0 aliphatic heterocycles. The Morgan fingerprint density at radius 1 is 1.36 bits per heavy atom. The van der Waals surface area contributed by atoms with Gasteiger partial charge in [-0.15, -0.1) is 0 Å². The Bertz CT molecular complexity index is 950. The number of methoxy groups -OCH3 is 1.